The van der Waals surface area contributed by atoms with Gasteiger partial charge in [-0.15, -0.1) is 0 Å². The second-order valence-electron chi connectivity index (χ2n) is 4.03. The molecule has 7 nitrogen and oxygen atoms in total. The van der Waals surface area contributed by atoms with Gasteiger partial charge >= 0.3 is 5.69 Å². The molecule has 98 valence electrons. The van der Waals surface area contributed by atoms with E-state index in [1.54, 1.807) is 19.2 Å². The van der Waals surface area contributed by atoms with Crippen LogP contribution < -0.4 is 5.32 Å². The highest BCUT2D eigenvalue weighted by molar-refractivity contribution is 5.59. The number of aromatic nitrogens is 1. The number of hydrogen-bond donors (Lipinski definition) is 1. The van der Waals surface area contributed by atoms with E-state index in [9.17, 15) is 10.1 Å². The number of hydrogen-bond acceptors (Lipinski definition) is 6. The van der Waals surface area contributed by atoms with Crippen LogP contribution in [0, 0.1) is 17.0 Å². The third-order valence-corrected chi connectivity index (χ3v) is 2.69. The smallest absolute Gasteiger partial charge is 0.314 e. The lowest BCUT2D eigenvalue weighted by Crippen LogP contribution is -2.34. The Bertz CT molecular complexity index is 432. The summed E-state index contributed by atoms with van der Waals surface area (Å²) < 4.78 is 10.7. The first-order valence-corrected chi connectivity index (χ1v) is 5.71. The van der Waals surface area contributed by atoms with Crippen LogP contribution >= 0.6 is 0 Å². The predicted octanol–water partition coefficient (Wildman–Crippen LogP) is 1.13. The Morgan fingerprint density at radius 1 is 1.61 bits per heavy atom. The van der Waals surface area contributed by atoms with E-state index < -0.39 is 4.92 Å². The monoisotopic (exact) mass is 253 g/mol. The van der Waals surface area contributed by atoms with Gasteiger partial charge in [-0.1, -0.05) is 0 Å². The van der Waals surface area contributed by atoms with Gasteiger partial charge in [0.2, 0.25) is 5.82 Å². The minimum atomic E-state index is -0.428. The van der Waals surface area contributed by atoms with Crippen molar-refractivity contribution in [1.82, 2.24) is 4.98 Å². The summed E-state index contributed by atoms with van der Waals surface area (Å²) in [5, 5.41) is 13.9. The molecular formula is C11H15N3O4. The molecule has 1 N–H and O–H groups in total. The molecule has 1 aromatic heterocycles. The Morgan fingerprint density at radius 3 is 3.11 bits per heavy atom. The standard InChI is InChI=1S/C11H15N3O4/c1-8-2-3-12-11(10(8)14(15)16)13-6-9-7-17-4-5-18-9/h2-3,9H,4-7H2,1H3,(H,12,13). The van der Waals surface area contributed by atoms with Crippen molar-refractivity contribution in [2.75, 3.05) is 31.7 Å². The van der Waals surface area contributed by atoms with Gasteiger partial charge in [-0.3, -0.25) is 10.1 Å². The fourth-order valence-corrected chi connectivity index (χ4v) is 1.78. The fraction of sp³-hybridized carbons (Fsp3) is 0.545. The lowest BCUT2D eigenvalue weighted by atomic mass is 10.2. The van der Waals surface area contributed by atoms with Gasteiger partial charge in [-0.2, -0.15) is 0 Å². The molecular weight excluding hydrogens is 238 g/mol. The molecule has 1 unspecified atom stereocenters. The highest BCUT2D eigenvalue weighted by atomic mass is 16.6. The van der Waals surface area contributed by atoms with Crippen LogP contribution in [0.25, 0.3) is 0 Å². The van der Waals surface area contributed by atoms with E-state index in [1.165, 1.54) is 0 Å². The summed E-state index contributed by atoms with van der Waals surface area (Å²) in [4.78, 5) is 14.5. The Labute approximate surface area is 104 Å². The maximum atomic E-state index is 11.0. The summed E-state index contributed by atoms with van der Waals surface area (Å²) >= 11 is 0. The lowest BCUT2D eigenvalue weighted by molar-refractivity contribution is -0.384. The topological polar surface area (TPSA) is 86.5 Å². The first kappa shape index (κ1) is 12.7. The van der Waals surface area contributed by atoms with Gasteiger partial charge in [0, 0.05) is 18.3 Å². The van der Waals surface area contributed by atoms with E-state index in [0.29, 0.717) is 31.9 Å². The second kappa shape index (κ2) is 5.74. The summed E-state index contributed by atoms with van der Waals surface area (Å²) in [6, 6.07) is 1.61. The Balaban J connectivity index is 2.04. The number of rotatable bonds is 4. The van der Waals surface area contributed by atoms with Crippen LogP contribution in [0.1, 0.15) is 5.56 Å². The quantitative estimate of drug-likeness (QED) is 0.639. The molecule has 0 aliphatic carbocycles. The maximum absolute atomic E-state index is 11.0. The minimum Gasteiger partial charge on any atom is -0.376 e. The molecule has 2 rings (SSSR count). The zero-order valence-corrected chi connectivity index (χ0v) is 10.1. The maximum Gasteiger partial charge on any atom is 0.314 e. The third-order valence-electron chi connectivity index (χ3n) is 2.69. The van der Waals surface area contributed by atoms with Crippen molar-refractivity contribution in [3.8, 4) is 0 Å². The van der Waals surface area contributed by atoms with Crippen molar-refractivity contribution in [1.29, 1.82) is 0 Å². The average molecular weight is 253 g/mol. The molecule has 1 aliphatic rings. The van der Waals surface area contributed by atoms with E-state index in [4.69, 9.17) is 9.47 Å². The zero-order valence-electron chi connectivity index (χ0n) is 10.1. The molecule has 7 heteroatoms. The molecule has 0 saturated carbocycles. The summed E-state index contributed by atoms with van der Waals surface area (Å²) in [5.74, 6) is 0.272. The minimum absolute atomic E-state index is 0.00854. The van der Waals surface area contributed by atoms with E-state index in [0.717, 1.165) is 0 Å². The molecule has 18 heavy (non-hydrogen) atoms. The van der Waals surface area contributed by atoms with Crippen LogP contribution in [0.2, 0.25) is 0 Å². The molecule has 2 heterocycles. The number of pyridine rings is 1. The molecule has 1 aromatic rings. The van der Waals surface area contributed by atoms with Crippen molar-refractivity contribution in [3.63, 3.8) is 0 Å². The van der Waals surface area contributed by atoms with Gasteiger partial charge in [-0.05, 0) is 13.0 Å². The summed E-state index contributed by atoms with van der Waals surface area (Å²) in [5.41, 5.74) is 0.590. The van der Waals surface area contributed by atoms with Gasteiger partial charge in [0.05, 0.1) is 30.8 Å². The fourth-order valence-electron chi connectivity index (χ4n) is 1.78. The number of nitrogens with one attached hydrogen (secondary N) is 1. The van der Waals surface area contributed by atoms with Crippen LogP contribution in [0.5, 0.6) is 0 Å². The molecule has 1 fully saturated rings. The average Bonchev–Trinajstić information content (AvgIpc) is 2.37. The van der Waals surface area contributed by atoms with Gasteiger partial charge in [0.15, 0.2) is 0 Å². The van der Waals surface area contributed by atoms with Gasteiger partial charge in [-0.25, -0.2) is 4.98 Å². The van der Waals surface area contributed by atoms with Crippen LogP contribution in [-0.2, 0) is 9.47 Å². The second-order valence-corrected chi connectivity index (χ2v) is 4.03. The van der Waals surface area contributed by atoms with E-state index >= 15 is 0 Å². The highest BCUT2D eigenvalue weighted by Gasteiger charge is 2.20. The van der Waals surface area contributed by atoms with Crippen molar-refractivity contribution in [2.24, 2.45) is 0 Å². The first-order chi connectivity index (χ1) is 8.68. The molecule has 0 spiro atoms. The SMILES string of the molecule is Cc1ccnc(NCC2COCCO2)c1[N+](=O)[O-]. The normalized spacial score (nSPS) is 19.5. The van der Waals surface area contributed by atoms with Crippen LogP contribution in [0.3, 0.4) is 0 Å². The number of ether oxygens (including phenoxy) is 2. The molecule has 0 bridgehead atoms. The molecule has 1 saturated heterocycles. The van der Waals surface area contributed by atoms with Crippen molar-refractivity contribution < 1.29 is 14.4 Å². The summed E-state index contributed by atoms with van der Waals surface area (Å²) in [6.45, 7) is 3.77. The number of nitrogens with zero attached hydrogens (tertiary/aromatic N) is 2. The lowest BCUT2D eigenvalue weighted by Gasteiger charge is -2.23. The first-order valence-electron chi connectivity index (χ1n) is 5.71. The van der Waals surface area contributed by atoms with Crippen LogP contribution in [-0.4, -0.2) is 42.4 Å². The zero-order chi connectivity index (χ0) is 13.0. The van der Waals surface area contributed by atoms with E-state index in [2.05, 4.69) is 10.3 Å². The Morgan fingerprint density at radius 2 is 2.44 bits per heavy atom. The number of aryl methyl sites for hydroxylation is 1. The molecule has 1 aliphatic heterocycles. The Kier molecular flexibility index (Phi) is 4.06. The van der Waals surface area contributed by atoms with E-state index in [-0.39, 0.29) is 17.6 Å². The van der Waals surface area contributed by atoms with Crippen LogP contribution in [0.15, 0.2) is 12.3 Å². The van der Waals surface area contributed by atoms with Gasteiger partial charge < -0.3 is 14.8 Å². The summed E-state index contributed by atoms with van der Waals surface area (Å²) in [6.07, 6.45) is 1.45. The van der Waals surface area contributed by atoms with Gasteiger partial charge in [0.25, 0.3) is 0 Å². The van der Waals surface area contributed by atoms with E-state index in [1.807, 2.05) is 0 Å². The largest absolute Gasteiger partial charge is 0.376 e. The van der Waals surface area contributed by atoms with Crippen molar-refractivity contribution in [2.45, 2.75) is 13.0 Å². The predicted molar refractivity (Wildman–Crippen MR) is 64.7 cm³/mol. The highest BCUT2D eigenvalue weighted by Crippen LogP contribution is 2.25. The van der Waals surface area contributed by atoms with Crippen molar-refractivity contribution >= 4 is 11.5 Å². The summed E-state index contributed by atoms with van der Waals surface area (Å²) in [7, 11) is 0. The molecule has 0 amide bonds. The molecule has 1 atom stereocenters. The van der Waals surface area contributed by atoms with Gasteiger partial charge in [0.1, 0.15) is 0 Å². The molecule has 0 aromatic carbocycles. The van der Waals surface area contributed by atoms with Crippen LogP contribution in [0.4, 0.5) is 11.5 Å². The third kappa shape index (κ3) is 2.93. The number of anilines is 1. The van der Waals surface area contributed by atoms with Crippen molar-refractivity contribution in [3.05, 3.63) is 27.9 Å². The molecule has 0 radical (unpaired) electrons. The number of nitro groups is 1. The Hall–Kier alpha value is -1.73.